The van der Waals surface area contributed by atoms with Crippen LogP contribution in [0.5, 0.6) is 5.75 Å². The van der Waals surface area contributed by atoms with Crippen molar-refractivity contribution in [1.29, 1.82) is 0 Å². The van der Waals surface area contributed by atoms with E-state index in [0.29, 0.717) is 6.04 Å². The van der Waals surface area contributed by atoms with Gasteiger partial charge in [-0.1, -0.05) is 12.1 Å². The lowest BCUT2D eigenvalue weighted by molar-refractivity contribution is 0.299. The largest absolute Gasteiger partial charge is 0.493 e. The highest BCUT2D eigenvalue weighted by Gasteiger charge is 2.22. The minimum Gasteiger partial charge on any atom is -0.493 e. The van der Waals surface area contributed by atoms with E-state index in [2.05, 4.69) is 29.2 Å². The number of rotatable bonds is 5. The van der Waals surface area contributed by atoms with Crippen LogP contribution in [0, 0.1) is 5.92 Å². The number of nitrogens with two attached hydrogens (primary N) is 1. The summed E-state index contributed by atoms with van der Waals surface area (Å²) in [5, 5.41) is 0. The molecule has 1 aliphatic heterocycles. The highest BCUT2D eigenvalue weighted by Crippen LogP contribution is 2.29. The number of ether oxygens (including phenoxy) is 1. The Morgan fingerprint density at radius 3 is 2.47 bits per heavy atom. The lowest BCUT2D eigenvalue weighted by Crippen LogP contribution is -2.26. The van der Waals surface area contributed by atoms with Gasteiger partial charge in [0.15, 0.2) is 0 Å². The van der Waals surface area contributed by atoms with E-state index in [9.17, 15) is 0 Å². The minimum absolute atomic E-state index is 0. The van der Waals surface area contributed by atoms with Crippen LogP contribution >= 0.6 is 12.4 Å². The molecule has 2 aliphatic rings. The third kappa shape index (κ3) is 4.37. The Kier molecular flexibility index (Phi) is 5.08. The molecule has 1 saturated carbocycles. The van der Waals surface area contributed by atoms with Crippen LogP contribution in [0.3, 0.4) is 0 Å². The van der Waals surface area contributed by atoms with Crippen molar-refractivity contribution in [2.45, 2.75) is 31.8 Å². The van der Waals surface area contributed by atoms with Gasteiger partial charge in [-0.05, 0) is 42.9 Å². The summed E-state index contributed by atoms with van der Waals surface area (Å²) in [5.74, 6) is 1.82. The van der Waals surface area contributed by atoms with Crippen molar-refractivity contribution in [2.24, 2.45) is 11.7 Å². The smallest absolute Gasteiger partial charge is 0.119 e. The fourth-order valence-corrected chi connectivity index (χ4v) is 2.45. The van der Waals surface area contributed by atoms with E-state index in [1.165, 1.54) is 18.4 Å². The standard InChI is InChI=1S/C15H22N2O.ClH/c16-14-7-8-17(10-14)9-12-3-5-15(6-4-12)18-11-13-1-2-13;/h3-6,13-14H,1-2,7-11,16H2;1H/t14-;/m0./s1. The number of hydrogen-bond acceptors (Lipinski definition) is 3. The number of benzene rings is 1. The van der Waals surface area contributed by atoms with E-state index in [-0.39, 0.29) is 12.4 Å². The van der Waals surface area contributed by atoms with Crippen LogP contribution in [0.15, 0.2) is 24.3 Å². The molecular formula is C15H23ClN2O. The molecule has 106 valence electrons. The molecule has 2 fully saturated rings. The molecule has 0 bridgehead atoms. The maximum atomic E-state index is 5.91. The predicted octanol–water partition coefficient (Wildman–Crippen LogP) is 2.43. The summed E-state index contributed by atoms with van der Waals surface area (Å²) in [4.78, 5) is 2.42. The number of hydrogen-bond donors (Lipinski definition) is 1. The Balaban J connectivity index is 0.00000133. The van der Waals surface area contributed by atoms with Gasteiger partial charge in [0.1, 0.15) is 5.75 Å². The van der Waals surface area contributed by atoms with Gasteiger partial charge in [0.25, 0.3) is 0 Å². The first kappa shape index (κ1) is 14.6. The van der Waals surface area contributed by atoms with Gasteiger partial charge in [-0.15, -0.1) is 12.4 Å². The van der Waals surface area contributed by atoms with Gasteiger partial charge in [0.2, 0.25) is 0 Å². The topological polar surface area (TPSA) is 38.5 Å². The molecule has 0 unspecified atom stereocenters. The van der Waals surface area contributed by atoms with Crippen molar-refractivity contribution in [3.8, 4) is 5.75 Å². The molecule has 0 amide bonds. The summed E-state index contributed by atoms with van der Waals surface area (Å²) in [6, 6.07) is 8.89. The van der Waals surface area contributed by atoms with E-state index < -0.39 is 0 Å². The van der Waals surface area contributed by atoms with Gasteiger partial charge < -0.3 is 10.5 Å². The zero-order valence-corrected chi connectivity index (χ0v) is 12.1. The molecule has 0 spiro atoms. The second-order valence-corrected chi connectivity index (χ2v) is 5.68. The molecule has 4 heteroatoms. The van der Waals surface area contributed by atoms with Gasteiger partial charge in [-0.3, -0.25) is 4.90 Å². The van der Waals surface area contributed by atoms with Gasteiger partial charge >= 0.3 is 0 Å². The lowest BCUT2D eigenvalue weighted by Gasteiger charge is -2.15. The van der Waals surface area contributed by atoms with E-state index in [4.69, 9.17) is 10.5 Å². The van der Waals surface area contributed by atoms with Crippen LogP contribution in [0.2, 0.25) is 0 Å². The lowest BCUT2D eigenvalue weighted by atomic mass is 10.2. The molecule has 1 aromatic carbocycles. The average molecular weight is 283 g/mol. The molecule has 19 heavy (non-hydrogen) atoms. The Morgan fingerprint density at radius 2 is 1.89 bits per heavy atom. The van der Waals surface area contributed by atoms with Crippen molar-refractivity contribution in [3.63, 3.8) is 0 Å². The van der Waals surface area contributed by atoms with Crippen LogP contribution in [0.25, 0.3) is 0 Å². The molecule has 2 N–H and O–H groups in total. The SMILES string of the molecule is Cl.N[C@H]1CCN(Cc2ccc(OCC3CC3)cc2)C1. The molecule has 0 aromatic heterocycles. The second-order valence-electron chi connectivity index (χ2n) is 5.68. The number of likely N-dealkylation sites (tertiary alicyclic amines) is 1. The second kappa shape index (κ2) is 6.60. The van der Waals surface area contributed by atoms with Gasteiger partial charge in [0.05, 0.1) is 6.61 Å². The zero-order chi connectivity index (χ0) is 12.4. The predicted molar refractivity (Wildman–Crippen MR) is 79.8 cm³/mol. The monoisotopic (exact) mass is 282 g/mol. The average Bonchev–Trinajstić information content (AvgIpc) is 3.12. The first-order chi connectivity index (χ1) is 8.79. The van der Waals surface area contributed by atoms with E-state index in [1.54, 1.807) is 0 Å². The minimum atomic E-state index is 0. The molecule has 1 heterocycles. The van der Waals surface area contributed by atoms with E-state index in [1.807, 2.05) is 0 Å². The summed E-state index contributed by atoms with van der Waals surface area (Å²) < 4.78 is 5.74. The fourth-order valence-electron chi connectivity index (χ4n) is 2.45. The Morgan fingerprint density at radius 1 is 1.16 bits per heavy atom. The van der Waals surface area contributed by atoms with Gasteiger partial charge in [-0.2, -0.15) is 0 Å². The molecule has 1 aliphatic carbocycles. The fraction of sp³-hybridized carbons (Fsp3) is 0.600. The third-order valence-corrected chi connectivity index (χ3v) is 3.82. The van der Waals surface area contributed by atoms with Crippen molar-refractivity contribution >= 4 is 12.4 Å². The van der Waals surface area contributed by atoms with Gasteiger partial charge in [0, 0.05) is 25.7 Å². The van der Waals surface area contributed by atoms with Crippen molar-refractivity contribution in [1.82, 2.24) is 4.90 Å². The zero-order valence-electron chi connectivity index (χ0n) is 11.3. The first-order valence-corrected chi connectivity index (χ1v) is 6.99. The third-order valence-electron chi connectivity index (χ3n) is 3.82. The van der Waals surface area contributed by atoms with Gasteiger partial charge in [-0.25, -0.2) is 0 Å². The maximum absolute atomic E-state index is 5.91. The summed E-state index contributed by atoms with van der Waals surface area (Å²) in [5.41, 5.74) is 7.26. The molecule has 1 aromatic rings. The molecule has 1 atom stereocenters. The van der Waals surface area contributed by atoms with Crippen LogP contribution < -0.4 is 10.5 Å². The number of halogens is 1. The maximum Gasteiger partial charge on any atom is 0.119 e. The first-order valence-electron chi connectivity index (χ1n) is 6.99. The van der Waals surface area contributed by atoms with Crippen molar-refractivity contribution < 1.29 is 4.74 Å². The van der Waals surface area contributed by atoms with Crippen LogP contribution in [0.1, 0.15) is 24.8 Å². The Labute approximate surface area is 121 Å². The highest BCUT2D eigenvalue weighted by atomic mass is 35.5. The van der Waals surface area contributed by atoms with Crippen LogP contribution in [0.4, 0.5) is 0 Å². The Bertz CT molecular complexity index is 392. The molecular weight excluding hydrogens is 260 g/mol. The van der Waals surface area contributed by atoms with E-state index in [0.717, 1.165) is 44.3 Å². The summed E-state index contributed by atoms with van der Waals surface area (Å²) in [7, 11) is 0. The summed E-state index contributed by atoms with van der Waals surface area (Å²) in [6.07, 6.45) is 3.81. The van der Waals surface area contributed by atoms with Crippen LogP contribution in [-0.4, -0.2) is 30.6 Å². The summed E-state index contributed by atoms with van der Waals surface area (Å²) in [6.45, 7) is 4.05. The van der Waals surface area contributed by atoms with Crippen LogP contribution in [-0.2, 0) is 6.54 Å². The Hall–Kier alpha value is -0.770. The summed E-state index contributed by atoms with van der Waals surface area (Å²) >= 11 is 0. The molecule has 0 radical (unpaired) electrons. The molecule has 3 nitrogen and oxygen atoms in total. The molecule has 3 rings (SSSR count). The van der Waals surface area contributed by atoms with Crippen molar-refractivity contribution in [2.75, 3.05) is 19.7 Å². The normalized spacial score (nSPS) is 23.1. The highest BCUT2D eigenvalue weighted by molar-refractivity contribution is 5.85. The molecule has 1 saturated heterocycles. The van der Waals surface area contributed by atoms with E-state index >= 15 is 0 Å². The van der Waals surface area contributed by atoms with Crippen molar-refractivity contribution in [3.05, 3.63) is 29.8 Å². The number of nitrogens with zero attached hydrogens (tertiary/aromatic N) is 1. The quantitative estimate of drug-likeness (QED) is 0.901.